The highest BCUT2D eigenvalue weighted by Crippen LogP contribution is 2.27. The molecule has 2 aromatic rings. The normalized spacial score (nSPS) is 10.4. The first-order chi connectivity index (χ1) is 7.67. The van der Waals surface area contributed by atoms with E-state index in [0.717, 1.165) is 14.6 Å². The van der Waals surface area contributed by atoms with Gasteiger partial charge in [-0.1, -0.05) is 0 Å². The van der Waals surface area contributed by atoms with Crippen molar-refractivity contribution < 1.29 is 14.3 Å². The highest BCUT2D eigenvalue weighted by molar-refractivity contribution is 14.1. The fourth-order valence-corrected chi connectivity index (χ4v) is 2.02. The molecule has 0 saturated heterocycles. The second kappa shape index (κ2) is 4.28. The van der Waals surface area contributed by atoms with E-state index in [-0.39, 0.29) is 0 Å². The topological polar surface area (TPSA) is 64.2 Å². The number of nitrogens with one attached hydrogen (secondary N) is 1. The van der Waals surface area contributed by atoms with Gasteiger partial charge in [-0.15, -0.1) is 0 Å². The van der Waals surface area contributed by atoms with Crippen LogP contribution in [0.1, 0.15) is 10.4 Å². The van der Waals surface area contributed by atoms with Gasteiger partial charge in [0.15, 0.2) is 0 Å². The maximum Gasteiger partial charge on any atom is 0.341 e. The van der Waals surface area contributed by atoms with E-state index in [1.54, 1.807) is 12.1 Å². The van der Waals surface area contributed by atoms with Gasteiger partial charge >= 0.3 is 5.97 Å². The molecule has 0 atom stereocenters. The molecule has 2 rings (SSSR count). The van der Waals surface area contributed by atoms with Crippen molar-refractivity contribution in [2.24, 2.45) is 0 Å². The number of nitrogens with zero attached hydrogens (tertiary/aromatic N) is 1. The van der Waals surface area contributed by atoms with Gasteiger partial charge in [-0.05, 0) is 34.7 Å². The van der Waals surface area contributed by atoms with E-state index in [4.69, 9.17) is 4.74 Å². The molecular formula is C10H9IN2O3. The molecule has 1 heterocycles. The molecule has 0 radical (unpaired) electrons. The lowest BCUT2D eigenvalue weighted by atomic mass is 10.1. The predicted octanol–water partition coefficient (Wildman–Crippen LogP) is 1.96. The van der Waals surface area contributed by atoms with Crippen LogP contribution in [-0.4, -0.2) is 30.4 Å². The quantitative estimate of drug-likeness (QED) is 0.675. The second-order valence-electron chi connectivity index (χ2n) is 3.10. The first-order valence-electron chi connectivity index (χ1n) is 4.47. The van der Waals surface area contributed by atoms with Gasteiger partial charge < -0.3 is 9.47 Å². The Bertz CT molecular complexity index is 550. The van der Waals surface area contributed by atoms with Crippen molar-refractivity contribution in [3.63, 3.8) is 0 Å². The van der Waals surface area contributed by atoms with Crippen molar-refractivity contribution in [2.75, 3.05) is 14.2 Å². The maximum absolute atomic E-state index is 11.5. The van der Waals surface area contributed by atoms with E-state index in [0.29, 0.717) is 11.3 Å². The van der Waals surface area contributed by atoms with E-state index >= 15 is 0 Å². The van der Waals surface area contributed by atoms with Crippen LogP contribution in [0.4, 0.5) is 0 Å². The summed E-state index contributed by atoms with van der Waals surface area (Å²) in [6.07, 6.45) is 0. The number of rotatable bonds is 2. The van der Waals surface area contributed by atoms with Crippen LogP contribution < -0.4 is 4.74 Å². The van der Waals surface area contributed by atoms with Crippen molar-refractivity contribution in [2.45, 2.75) is 0 Å². The van der Waals surface area contributed by atoms with Crippen molar-refractivity contribution in [1.82, 2.24) is 10.2 Å². The highest BCUT2D eigenvalue weighted by atomic mass is 127. The summed E-state index contributed by atoms with van der Waals surface area (Å²) in [7, 11) is 2.85. The molecule has 0 amide bonds. The molecule has 16 heavy (non-hydrogen) atoms. The van der Waals surface area contributed by atoms with Crippen LogP contribution in [0, 0.1) is 3.70 Å². The minimum absolute atomic E-state index is 0.387. The summed E-state index contributed by atoms with van der Waals surface area (Å²) < 4.78 is 10.7. The minimum atomic E-state index is -0.427. The van der Waals surface area contributed by atoms with E-state index in [9.17, 15) is 4.79 Å². The smallest absolute Gasteiger partial charge is 0.341 e. The molecule has 1 aromatic carbocycles. The molecule has 0 aliphatic rings. The van der Waals surface area contributed by atoms with Gasteiger partial charge in [0.2, 0.25) is 0 Å². The molecule has 0 bridgehead atoms. The maximum atomic E-state index is 11.5. The zero-order valence-corrected chi connectivity index (χ0v) is 10.9. The average Bonchev–Trinajstić information content (AvgIpc) is 2.68. The average molecular weight is 332 g/mol. The third-order valence-electron chi connectivity index (χ3n) is 2.24. The number of aromatic amines is 1. The number of halogens is 1. The Labute approximate surface area is 105 Å². The Balaban J connectivity index is 2.68. The molecule has 0 aliphatic carbocycles. The number of hydrogen-bond acceptors (Lipinski definition) is 4. The van der Waals surface area contributed by atoms with Crippen LogP contribution in [-0.2, 0) is 4.74 Å². The molecular weight excluding hydrogens is 323 g/mol. The number of methoxy groups -OCH3 is 2. The molecule has 1 aromatic heterocycles. The number of ether oxygens (including phenoxy) is 2. The Morgan fingerprint density at radius 2 is 2.19 bits per heavy atom. The largest absolute Gasteiger partial charge is 0.496 e. The molecule has 1 N–H and O–H groups in total. The number of H-pyrrole nitrogens is 1. The number of aromatic nitrogens is 2. The predicted molar refractivity (Wildman–Crippen MR) is 66.7 cm³/mol. The zero-order chi connectivity index (χ0) is 11.7. The highest BCUT2D eigenvalue weighted by Gasteiger charge is 2.16. The molecule has 0 fully saturated rings. The number of carbonyl (C=O) groups is 1. The Kier molecular flexibility index (Phi) is 2.99. The van der Waals surface area contributed by atoms with E-state index in [1.807, 2.05) is 0 Å². The second-order valence-corrected chi connectivity index (χ2v) is 4.13. The van der Waals surface area contributed by atoms with Gasteiger partial charge in [0.1, 0.15) is 15.0 Å². The van der Waals surface area contributed by atoms with Gasteiger partial charge in [-0.3, -0.25) is 5.10 Å². The molecule has 0 spiro atoms. The first kappa shape index (κ1) is 11.2. The summed E-state index contributed by atoms with van der Waals surface area (Å²) >= 11 is 2.11. The summed E-state index contributed by atoms with van der Waals surface area (Å²) in [4.78, 5) is 11.5. The number of hydrogen-bond donors (Lipinski definition) is 1. The van der Waals surface area contributed by atoms with Gasteiger partial charge in [0, 0.05) is 5.39 Å². The van der Waals surface area contributed by atoms with Crippen molar-refractivity contribution in [1.29, 1.82) is 0 Å². The van der Waals surface area contributed by atoms with Gasteiger partial charge in [0.25, 0.3) is 0 Å². The standard InChI is InChI=1S/C10H9IN2O3/c1-15-8-4-5-7(12-13-9(5)11)3-6(8)10(14)16-2/h3-4H,1-2H3,(H,12,13). The molecule has 0 unspecified atom stereocenters. The third-order valence-corrected chi connectivity index (χ3v) is 3.06. The lowest BCUT2D eigenvalue weighted by Crippen LogP contribution is -2.03. The Morgan fingerprint density at radius 3 is 2.81 bits per heavy atom. The van der Waals surface area contributed by atoms with Crippen LogP contribution in [0.15, 0.2) is 12.1 Å². The number of carbonyl (C=O) groups excluding carboxylic acids is 1. The van der Waals surface area contributed by atoms with Crippen molar-refractivity contribution in [3.8, 4) is 5.75 Å². The molecule has 0 saturated carbocycles. The van der Waals surface area contributed by atoms with Gasteiger partial charge in [-0.25, -0.2) is 4.79 Å². The Morgan fingerprint density at radius 1 is 1.44 bits per heavy atom. The van der Waals surface area contributed by atoms with Crippen LogP contribution >= 0.6 is 22.6 Å². The lowest BCUT2D eigenvalue weighted by molar-refractivity contribution is 0.0597. The number of benzene rings is 1. The van der Waals surface area contributed by atoms with Crippen molar-refractivity contribution >= 4 is 39.5 Å². The van der Waals surface area contributed by atoms with E-state index < -0.39 is 5.97 Å². The third kappa shape index (κ3) is 1.73. The monoisotopic (exact) mass is 332 g/mol. The summed E-state index contributed by atoms with van der Waals surface area (Å²) in [5.74, 6) is 0.0574. The molecule has 6 heteroatoms. The summed E-state index contributed by atoms with van der Waals surface area (Å²) in [6, 6.07) is 3.45. The van der Waals surface area contributed by atoms with Crippen LogP contribution in [0.5, 0.6) is 5.75 Å². The fourth-order valence-electron chi connectivity index (χ4n) is 1.45. The van der Waals surface area contributed by atoms with Crippen LogP contribution in [0.2, 0.25) is 0 Å². The zero-order valence-electron chi connectivity index (χ0n) is 8.70. The number of esters is 1. The SMILES string of the molecule is COC(=O)c1cc2[nH]nc(I)c2cc1OC. The van der Waals surface area contributed by atoms with E-state index in [2.05, 4.69) is 37.5 Å². The summed E-state index contributed by atoms with van der Waals surface area (Å²) in [6.45, 7) is 0. The number of fused-ring (bicyclic) bond motifs is 1. The van der Waals surface area contributed by atoms with Crippen LogP contribution in [0.3, 0.4) is 0 Å². The summed E-state index contributed by atoms with van der Waals surface area (Å²) in [5, 5.41) is 7.81. The van der Waals surface area contributed by atoms with Gasteiger partial charge in [-0.2, -0.15) is 5.10 Å². The van der Waals surface area contributed by atoms with Crippen molar-refractivity contribution in [3.05, 3.63) is 21.4 Å². The fraction of sp³-hybridized carbons (Fsp3) is 0.200. The minimum Gasteiger partial charge on any atom is -0.496 e. The van der Waals surface area contributed by atoms with Gasteiger partial charge in [0.05, 0.1) is 19.7 Å². The molecule has 5 nitrogen and oxygen atoms in total. The van der Waals surface area contributed by atoms with E-state index in [1.165, 1.54) is 14.2 Å². The first-order valence-corrected chi connectivity index (χ1v) is 5.55. The summed E-state index contributed by atoms with van der Waals surface area (Å²) in [5.41, 5.74) is 1.17. The lowest BCUT2D eigenvalue weighted by Gasteiger charge is -2.06. The van der Waals surface area contributed by atoms with Crippen LogP contribution in [0.25, 0.3) is 10.9 Å². The Hall–Kier alpha value is -1.31. The molecule has 84 valence electrons. The molecule has 0 aliphatic heterocycles.